The number of carbonyl (C=O) groups is 1. The van der Waals surface area contributed by atoms with Crippen LogP contribution in [0.15, 0.2) is 77.7 Å². The first kappa shape index (κ1) is 27.8. The molecule has 1 saturated heterocycles. The van der Waals surface area contributed by atoms with E-state index in [0.717, 1.165) is 43.4 Å². The van der Waals surface area contributed by atoms with E-state index < -0.39 is 10.0 Å². The molecule has 0 bridgehead atoms. The van der Waals surface area contributed by atoms with Gasteiger partial charge in [0.25, 0.3) is 15.9 Å². The molecule has 1 fully saturated rings. The number of amides is 1. The second-order valence-electron chi connectivity index (χ2n) is 9.05. The van der Waals surface area contributed by atoms with E-state index in [2.05, 4.69) is 45.0 Å². The highest BCUT2D eigenvalue weighted by atomic mass is 35.5. The molecule has 1 aliphatic rings. The summed E-state index contributed by atoms with van der Waals surface area (Å²) in [6, 6.07) is 21.0. The molecule has 38 heavy (non-hydrogen) atoms. The standard InChI is InChI=1S/C27H29N5O3S2.ClH/c1-20-7-12-24-25(19-20)36-27(29-24)32-17-15-31(16-18-32)14-13-28-26(33)21-8-10-22(11-9-21)30-37(34,35)23-5-3-2-4-6-23;/h2-12,19,30H,13-18H2,1H3,(H,28,33);1H. The van der Waals surface area contributed by atoms with Gasteiger partial charge in [0.05, 0.1) is 15.1 Å². The van der Waals surface area contributed by atoms with Crippen molar-refractivity contribution in [3.63, 3.8) is 0 Å². The number of thiazole rings is 1. The van der Waals surface area contributed by atoms with E-state index in [0.29, 0.717) is 17.8 Å². The first-order valence-corrected chi connectivity index (χ1v) is 14.5. The Morgan fingerprint density at radius 1 is 0.974 bits per heavy atom. The minimum Gasteiger partial charge on any atom is -0.351 e. The molecule has 200 valence electrons. The third kappa shape index (κ3) is 6.63. The number of nitrogens with one attached hydrogen (secondary N) is 2. The van der Waals surface area contributed by atoms with Crippen LogP contribution in [0.2, 0.25) is 0 Å². The van der Waals surface area contributed by atoms with Gasteiger partial charge in [-0.2, -0.15) is 0 Å². The highest BCUT2D eigenvalue weighted by molar-refractivity contribution is 7.92. The molecule has 0 radical (unpaired) electrons. The molecule has 4 aromatic rings. The number of rotatable bonds is 8. The lowest BCUT2D eigenvalue weighted by Gasteiger charge is -2.34. The Kier molecular flexibility index (Phi) is 8.88. The van der Waals surface area contributed by atoms with Gasteiger partial charge in [-0.15, -0.1) is 12.4 Å². The molecule has 0 saturated carbocycles. The van der Waals surface area contributed by atoms with E-state index in [1.165, 1.54) is 22.4 Å². The van der Waals surface area contributed by atoms with Gasteiger partial charge in [0.15, 0.2) is 5.13 Å². The van der Waals surface area contributed by atoms with Gasteiger partial charge in [0.1, 0.15) is 0 Å². The van der Waals surface area contributed by atoms with E-state index in [9.17, 15) is 13.2 Å². The number of benzene rings is 3. The number of piperazine rings is 1. The Bertz CT molecular complexity index is 1490. The van der Waals surface area contributed by atoms with Crippen molar-refractivity contribution < 1.29 is 13.2 Å². The number of nitrogens with zero attached hydrogens (tertiary/aromatic N) is 3. The second kappa shape index (κ2) is 12.1. The summed E-state index contributed by atoms with van der Waals surface area (Å²) in [5.41, 5.74) is 3.19. The van der Waals surface area contributed by atoms with E-state index >= 15 is 0 Å². The number of aryl methyl sites for hydroxylation is 1. The van der Waals surface area contributed by atoms with Crippen molar-refractivity contribution in [3.8, 4) is 0 Å². The molecule has 2 heterocycles. The number of aromatic nitrogens is 1. The molecule has 0 unspecified atom stereocenters. The van der Waals surface area contributed by atoms with Crippen molar-refractivity contribution >= 4 is 60.7 Å². The average Bonchev–Trinajstić information content (AvgIpc) is 3.33. The normalized spacial score (nSPS) is 14.2. The average molecular weight is 572 g/mol. The van der Waals surface area contributed by atoms with Crippen LogP contribution in [0.4, 0.5) is 10.8 Å². The highest BCUT2D eigenvalue weighted by Gasteiger charge is 2.20. The predicted molar refractivity (Wildman–Crippen MR) is 156 cm³/mol. The number of hydrogen-bond acceptors (Lipinski definition) is 7. The summed E-state index contributed by atoms with van der Waals surface area (Å²) in [7, 11) is -3.67. The maximum atomic E-state index is 12.6. The molecule has 0 aliphatic carbocycles. The van der Waals surface area contributed by atoms with Crippen molar-refractivity contribution in [2.24, 2.45) is 0 Å². The van der Waals surface area contributed by atoms with Crippen LogP contribution in [-0.2, 0) is 10.0 Å². The van der Waals surface area contributed by atoms with E-state index in [-0.39, 0.29) is 23.2 Å². The lowest BCUT2D eigenvalue weighted by Crippen LogP contribution is -2.48. The summed E-state index contributed by atoms with van der Waals surface area (Å²) in [5.74, 6) is -0.180. The highest BCUT2D eigenvalue weighted by Crippen LogP contribution is 2.30. The van der Waals surface area contributed by atoms with E-state index in [1.807, 2.05) is 0 Å². The zero-order valence-corrected chi connectivity index (χ0v) is 23.4. The first-order valence-electron chi connectivity index (χ1n) is 12.2. The van der Waals surface area contributed by atoms with Crippen LogP contribution in [0, 0.1) is 6.92 Å². The van der Waals surface area contributed by atoms with Gasteiger partial charge in [-0.1, -0.05) is 35.6 Å². The number of anilines is 2. The SMILES string of the molecule is Cc1ccc2nc(N3CCN(CCNC(=O)c4ccc(NS(=O)(=O)c5ccccc5)cc4)CC3)sc2c1.Cl. The number of fused-ring (bicyclic) bond motifs is 1. The molecule has 5 rings (SSSR count). The summed E-state index contributed by atoms with van der Waals surface area (Å²) in [5, 5.41) is 4.03. The van der Waals surface area contributed by atoms with Crippen LogP contribution in [0.25, 0.3) is 10.2 Å². The van der Waals surface area contributed by atoms with Crippen LogP contribution in [0.3, 0.4) is 0 Å². The maximum Gasteiger partial charge on any atom is 0.261 e. The minimum absolute atomic E-state index is 0. The van der Waals surface area contributed by atoms with Crippen molar-refractivity contribution in [2.75, 3.05) is 48.9 Å². The Morgan fingerprint density at radius 2 is 1.68 bits per heavy atom. The Labute approximate surface area is 233 Å². The topological polar surface area (TPSA) is 94.6 Å². The van der Waals surface area contributed by atoms with Crippen molar-refractivity contribution in [2.45, 2.75) is 11.8 Å². The molecule has 3 aromatic carbocycles. The second-order valence-corrected chi connectivity index (χ2v) is 11.7. The van der Waals surface area contributed by atoms with Crippen LogP contribution < -0.4 is 14.9 Å². The van der Waals surface area contributed by atoms with Gasteiger partial charge in [-0.3, -0.25) is 14.4 Å². The third-order valence-corrected chi connectivity index (χ3v) is 8.82. The van der Waals surface area contributed by atoms with Gasteiger partial charge in [-0.05, 0) is 61.0 Å². The smallest absolute Gasteiger partial charge is 0.261 e. The first-order chi connectivity index (χ1) is 17.9. The van der Waals surface area contributed by atoms with E-state index in [1.54, 1.807) is 53.8 Å². The molecule has 0 atom stereocenters. The van der Waals surface area contributed by atoms with Gasteiger partial charge in [0.2, 0.25) is 0 Å². The van der Waals surface area contributed by atoms with Crippen LogP contribution in [0.1, 0.15) is 15.9 Å². The summed E-state index contributed by atoms with van der Waals surface area (Å²) >= 11 is 1.74. The largest absolute Gasteiger partial charge is 0.351 e. The van der Waals surface area contributed by atoms with E-state index in [4.69, 9.17) is 4.98 Å². The fraction of sp³-hybridized carbons (Fsp3) is 0.259. The van der Waals surface area contributed by atoms with Gasteiger partial charge < -0.3 is 10.2 Å². The maximum absolute atomic E-state index is 12.6. The van der Waals surface area contributed by atoms with Crippen molar-refractivity contribution in [1.29, 1.82) is 0 Å². The molecule has 1 amide bonds. The number of halogens is 1. The van der Waals surface area contributed by atoms with Crippen LogP contribution in [-0.4, -0.2) is 63.5 Å². The van der Waals surface area contributed by atoms with Gasteiger partial charge in [0, 0.05) is 50.5 Å². The summed E-state index contributed by atoms with van der Waals surface area (Å²) in [4.78, 5) is 22.2. The van der Waals surface area contributed by atoms with Gasteiger partial charge in [-0.25, -0.2) is 13.4 Å². The molecule has 8 nitrogen and oxygen atoms in total. The quantitative estimate of drug-likeness (QED) is 0.326. The zero-order valence-electron chi connectivity index (χ0n) is 21.0. The summed E-state index contributed by atoms with van der Waals surface area (Å²) in [6.07, 6.45) is 0. The molecule has 11 heteroatoms. The summed E-state index contributed by atoms with van der Waals surface area (Å²) < 4.78 is 28.7. The zero-order chi connectivity index (χ0) is 25.8. The molecule has 0 spiro atoms. The number of sulfonamides is 1. The Hall–Kier alpha value is -3.18. The lowest BCUT2D eigenvalue weighted by atomic mass is 10.2. The van der Waals surface area contributed by atoms with Crippen LogP contribution >= 0.6 is 23.7 Å². The van der Waals surface area contributed by atoms with Crippen molar-refractivity contribution in [3.05, 3.63) is 83.9 Å². The predicted octanol–water partition coefficient (Wildman–Crippen LogP) is 4.38. The van der Waals surface area contributed by atoms with Gasteiger partial charge >= 0.3 is 0 Å². The van der Waals surface area contributed by atoms with Crippen molar-refractivity contribution in [1.82, 2.24) is 15.2 Å². The monoisotopic (exact) mass is 571 g/mol. The molecule has 1 aliphatic heterocycles. The number of hydrogen-bond donors (Lipinski definition) is 2. The molecular weight excluding hydrogens is 542 g/mol. The lowest BCUT2D eigenvalue weighted by molar-refractivity contribution is 0.0948. The Morgan fingerprint density at radius 3 is 2.39 bits per heavy atom. The molecular formula is C27H30ClN5O3S2. The minimum atomic E-state index is -3.67. The third-order valence-electron chi connectivity index (χ3n) is 6.34. The fourth-order valence-corrected chi connectivity index (χ4v) is 6.45. The molecule has 1 aromatic heterocycles. The number of carbonyl (C=O) groups excluding carboxylic acids is 1. The Balaban J connectivity index is 0.00000336. The van der Waals surface area contributed by atoms with Crippen LogP contribution in [0.5, 0.6) is 0 Å². The fourth-order valence-electron chi connectivity index (χ4n) is 4.25. The molecule has 2 N–H and O–H groups in total. The summed E-state index contributed by atoms with van der Waals surface area (Å²) in [6.45, 7) is 7.07.